The summed E-state index contributed by atoms with van der Waals surface area (Å²) in [6.45, 7) is 0. The van der Waals surface area contributed by atoms with E-state index in [0.717, 1.165) is 77.6 Å². The molecule has 83 heavy (non-hydrogen) atoms. The lowest BCUT2D eigenvalue weighted by Gasteiger charge is -2.31. The fourth-order valence-electron chi connectivity index (χ4n) is 13.6. The number of hydrogen-bond acceptors (Lipinski definition) is 3. The van der Waals surface area contributed by atoms with Crippen LogP contribution in [0, 0.1) is 0 Å². The van der Waals surface area contributed by atoms with Crippen LogP contribution < -0.4 is 9.80 Å². The van der Waals surface area contributed by atoms with Crippen LogP contribution in [0.15, 0.2) is 308 Å². The van der Waals surface area contributed by atoms with E-state index in [9.17, 15) is 0 Å². The molecule has 0 radical (unpaired) electrons. The van der Waals surface area contributed by atoms with Crippen molar-refractivity contribution in [2.75, 3.05) is 9.80 Å². The molecule has 0 N–H and O–H groups in total. The molecule has 0 saturated carbocycles. The number of nitrogens with zero attached hydrogens (tertiary/aromatic N) is 2. The van der Waals surface area contributed by atoms with Gasteiger partial charge in [0.15, 0.2) is 0 Å². The Morgan fingerprint density at radius 1 is 0.205 bits per heavy atom. The van der Waals surface area contributed by atoms with Crippen LogP contribution in [0.4, 0.5) is 34.1 Å². The molecule has 3 heteroatoms. The predicted octanol–water partition coefficient (Wildman–Crippen LogP) is 23.1. The SMILES string of the molecule is c1ccc(-c2c(N(c3ccc4cc5c(cc4c3)oc3cc4cc(N(c6cccc7ccccc67)c6c(-c7ccccc7)c7ccccc7c7ccccc67)ccc4cc35)c3cccc4ccccc34)c3ccccc3c3ccccc23)cc1. The van der Waals surface area contributed by atoms with Crippen molar-refractivity contribution >= 4 is 142 Å². The van der Waals surface area contributed by atoms with Crippen molar-refractivity contribution in [2.45, 2.75) is 0 Å². The summed E-state index contributed by atoms with van der Waals surface area (Å²) in [4.78, 5) is 5.02. The van der Waals surface area contributed by atoms with Crippen LogP contribution in [0.1, 0.15) is 0 Å². The van der Waals surface area contributed by atoms with Crippen molar-refractivity contribution in [1.82, 2.24) is 0 Å². The first-order valence-corrected chi connectivity index (χ1v) is 28.6. The molecule has 1 heterocycles. The molecule has 3 nitrogen and oxygen atoms in total. The van der Waals surface area contributed by atoms with Gasteiger partial charge in [-0.3, -0.25) is 0 Å². The highest BCUT2D eigenvalue weighted by Crippen LogP contribution is 2.53. The molecular formula is C80H50N2O. The maximum Gasteiger partial charge on any atom is 0.136 e. The summed E-state index contributed by atoms with van der Waals surface area (Å²) in [6.07, 6.45) is 0. The number of anilines is 6. The molecule has 0 aliphatic carbocycles. The van der Waals surface area contributed by atoms with Crippen LogP contribution in [-0.2, 0) is 0 Å². The Kier molecular flexibility index (Phi) is 10.6. The first-order chi connectivity index (χ1) is 41.2. The maximum absolute atomic E-state index is 7.06. The first-order valence-electron chi connectivity index (χ1n) is 28.6. The van der Waals surface area contributed by atoms with Crippen molar-refractivity contribution in [3.63, 3.8) is 0 Å². The topological polar surface area (TPSA) is 19.6 Å². The van der Waals surface area contributed by atoms with E-state index in [0.29, 0.717) is 0 Å². The molecule has 17 aromatic rings. The molecular weight excluding hydrogens is 1000 g/mol. The van der Waals surface area contributed by atoms with Crippen molar-refractivity contribution in [1.29, 1.82) is 0 Å². The largest absolute Gasteiger partial charge is 0.456 e. The first kappa shape index (κ1) is 46.9. The highest BCUT2D eigenvalue weighted by atomic mass is 16.3. The molecule has 0 fully saturated rings. The average Bonchev–Trinajstić information content (AvgIpc) is 2.55. The lowest BCUT2D eigenvalue weighted by Crippen LogP contribution is -2.13. The smallest absolute Gasteiger partial charge is 0.136 e. The molecule has 0 aliphatic heterocycles. The van der Waals surface area contributed by atoms with Gasteiger partial charge in [-0.2, -0.15) is 0 Å². The fourth-order valence-corrected chi connectivity index (χ4v) is 13.6. The van der Waals surface area contributed by atoms with Gasteiger partial charge in [0, 0.05) is 54.8 Å². The van der Waals surface area contributed by atoms with Crippen LogP contribution in [0.25, 0.3) is 130 Å². The molecule has 0 aliphatic rings. The normalized spacial score (nSPS) is 11.9. The minimum atomic E-state index is 0.852. The lowest BCUT2D eigenvalue weighted by molar-refractivity contribution is 0.670. The van der Waals surface area contributed by atoms with Gasteiger partial charge in [0.25, 0.3) is 0 Å². The minimum Gasteiger partial charge on any atom is -0.456 e. The van der Waals surface area contributed by atoms with Gasteiger partial charge in [0.2, 0.25) is 0 Å². The molecule has 0 saturated heterocycles. The van der Waals surface area contributed by atoms with Gasteiger partial charge in [-0.05, 0) is 136 Å². The van der Waals surface area contributed by atoms with Gasteiger partial charge < -0.3 is 14.2 Å². The summed E-state index contributed by atoms with van der Waals surface area (Å²) in [5, 5.41) is 21.1. The molecule has 16 aromatic carbocycles. The van der Waals surface area contributed by atoms with E-state index in [2.05, 4.69) is 313 Å². The van der Waals surface area contributed by atoms with Gasteiger partial charge in [-0.15, -0.1) is 0 Å². The molecule has 0 spiro atoms. The highest BCUT2D eigenvalue weighted by Gasteiger charge is 2.27. The van der Waals surface area contributed by atoms with Crippen LogP contribution >= 0.6 is 0 Å². The molecule has 0 unspecified atom stereocenters. The third kappa shape index (κ3) is 7.45. The summed E-state index contributed by atoms with van der Waals surface area (Å²) in [7, 11) is 0. The summed E-state index contributed by atoms with van der Waals surface area (Å²) in [5.74, 6) is 0. The molecule has 386 valence electrons. The monoisotopic (exact) mass is 1050 g/mol. The number of hydrogen-bond donors (Lipinski definition) is 0. The van der Waals surface area contributed by atoms with E-state index in [-0.39, 0.29) is 0 Å². The Labute approximate surface area is 479 Å². The van der Waals surface area contributed by atoms with Crippen molar-refractivity contribution in [3.05, 3.63) is 303 Å². The Morgan fingerprint density at radius 3 is 0.964 bits per heavy atom. The van der Waals surface area contributed by atoms with Gasteiger partial charge in [0.05, 0.1) is 22.7 Å². The highest BCUT2D eigenvalue weighted by molar-refractivity contribution is 6.25. The lowest BCUT2D eigenvalue weighted by atomic mass is 9.89. The predicted molar refractivity (Wildman–Crippen MR) is 354 cm³/mol. The number of furan rings is 1. The summed E-state index contributed by atoms with van der Waals surface area (Å²) in [5.41, 5.74) is 13.0. The third-order valence-corrected chi connectivity index (χ3v) is 17.3. The average molecular weight is 1060 g/mol. The molecule has 0 amide bonds. The third-order valence-electron chi connectivity index (χ3n) is 17.3. The van der Waals surface area contributed by atoms with Crippen molar-refractivity contribution in [3.8, 4) is 22.3 Å². The van der Waals surface area contributed by atoms with Crippen LogP contribution in [0.3, 0.4) is 0 Å². The quantitative estimate of drug-likeness (QED) is 0.141. The number of rotatable bonds is 8. The maximum atomic E-state index is 7.06. The molecule has 1 aromatic heterocycles. The second kappa shape index (κ2) is 18.8. The summed E-state index contributed by atoms with van der Waals surface area (Å²) >= 11 is 0. The number of benzene rings is 16. The number of fused-ring (bicyclic) bond motifs is 13. The van der Waals surface area contributed by atoms with Gasteiger partial charge in [-0.25, -0.2) is 0 Å². The van der Waals surface area contributed by atoms with Crippen molar-refractivity contribution in [2.24, 2.45) is 0 Å². The van der Waals surface area contributed by atoms with E-state index in [1.165, 1.54) is 86.9 Å². The zero-order chi connectivity index (χ0) is 54.5. The van der Waals surface area contributed by atoms with Gasteiger partial charge >= 0.3 is 0 Å². The van der Waals surface area contributed by atoms with Gasteiger partial charge in [0.1, 0.15) is 11.2 Å². The van der Waals surface area contributed by atoms with Crippen LogP contribution in [0.5, 0.6) is 0 Å². The van der Waals surface area contributed by atoms with E-state index in [4.69, 9.17) is 4.42 Å². The summed E-state index contributed by atoms with van der Waals surface area (Å²) < 4.78 is 7.06. The zero-order valence-electron chi connectivity index (χ0n) is 45.2. The van der Waals surface area contributed by atoms with E-state index >= 15 is 0 Å². The van der Waals surface area contributed by atoms with Crippen molar-refractivity contribution < 1.29 is 4.42 Å². The zero-order valence-corrected chi connectivity index (χ0v) is 45.2. The molecule has 17 rings (SSSR count). The van der Waals surface area contributed by atoms with E-state index in [1.54, 1.807) is 0 Å². The van der Waals surface area contributed by atoms with Crippen LogP contribution in [-0.4, -0.2) is 0 Å². The fraction of sp³-hybridized carbons (Fsp3) is 0. The standard InChI is InChI=1S/C80H50N2O/c1-3-23-53(24-4-1)77-67-35-15-11-31-63(67)65-33-13-17-37-69(65)79(77)81(73-39-19-27-51-21-7-9-29-61(51)73)59-43-41-55-47-71-72-48-56-42-44-60(46-58(56)50-76(72)83-75(71)49-57(55)45-59)82(74-40-20-28-52-22-8-10-30-62(52)74)80-70-38-18-14-34-66(70)64-32-12-16-36-68(64)78(80)54-25-5-2-6-26-54/h1-50H. The second-order valence-electron chi connectivity index (χ2n) is 21.9. The van der Waals surface area contributed by atoms with Crippen LogP contribution in [0.2, 0.25) is 0 Å². The summed E-state index contributed by atoms with van der Waals surface area (Å²) in [6, 6.07) is 111. The van der Waals surface area contributed by atoms with Gasteiger partial charge in [-0.1, -0.05) is 243 Å². The molecule has 0 bridgehead atoms. The Balaban J connectivity index is 0.871. The second-order valence-corrected chi connectivity index (χ2v) is 21.9. The van der Waals surface area contributed by atoms with E-state index < -0.39 is 0 Å². The Hall–Kier alpha value is -11.0. The van der Waals surface area contributed by atoms with E-state index in [1.807, 2.05) is 0 Å². The minimum absolute atomic E-state index is 0.852. The molecule has 0 atom stereocenters. The Bertz CT molecular complexity index is 5120. The Morgan fingerprint density at radius 2 is 0.542 bits per heavy atom.